The Morgan fingerprint density at radius 3 is 3.00 bits per heavy atom. The molecule has 1 aliphatic rings. The smallest absolute Gasteiger partial charge is 0.327 e. The first-order chi connectivity index (χ1) is 10.1. The van der Waals surface area contributed by atoms with E-state index in [2.05, 4.69) is 10.3 Å². The highest BCUT2D eigenvalue weighted by Crippen LogP contribution is 2.19. The van der Waals surface area contributed by atoms with Gasteiger partial charge in [0.2, 0.25) is 5.88 Å². The standard InChI is InChI=1S/C13H17N3O4S/c1-2-20-11-4-3-9(7-14-11)15-13(19)16-5-6-21-8-10(16)12(17)18/h3-4,7,10H,2,5-6,8H2,1H3,(H,15,19)(H,17,18). The minimum atomic E-state index is -0.984. The third-order valence-corrected chi connectivity index (χ3v) is 3.98. The van der Waals surface area contributed by atoms with Gasteiger partial charge in [-0.3, -0.25) is 0 Å². The van der Waals surface area contributed by atoms with E-state index in [9.17, 15) is 9.59 Å². The number of pyridine rings is 1. The average molecular weight is 311 g/mol. The van der Waals surface area contributed by atoms with Gasteiger partial charge in [-0.15, -0.1) is 0 Å². The van der Waals surface area contributed by atoms with Crippen molar-refractivity contribution in [1.29, 1.82) is 0 Å². The van der Waals surface area contributed by atoms with E-state index < -0.39 is 18.0 Å². The molecule has 1 aliphatic heterocycles. The lowest BCUT2D eigenvalue weighted by atomic mass is 10.3. The van der Waals surface area contributed by atoms with Crippen molar-refractivity contribution in [2.75, 3.05) is 30.0 Å². The number of urea groups is 1. The van der Waals surface area contributed by atoms with Crippen LogP contribution in [0.2, 0.25) is 0 Å². The van der Waals surface area contributed by atoms with Crippen LogP contribution in [0.25, 0.3) is 0 Å². The predicted octanol–water partition coefficient (Wildman–Crippen LogP) is 1.51. The summed E-state index contributed by atoms with van der Waals surface area (Å²) in [4.78, 5) is 28.7. The summed E-state index contributed by atoms with van der Waals surface area (Å²) in [7, 11) is 0. The molecule has 0 aromatic carbocycles. The molecule has 8 heteroatoms. The number of amides is 2. The zero-order valence-electron chi connectivity index (χ0n) is 11.6. The third-order valence-electron chi connectivity index (χ3n) is 2.95. The Morgan fingerprint density at radius 1 is 1.57 bits per heavy atom. The van der Waals surface area contributed by atoms with Crippen molar-refractivity contribution in [2.24, 2.45) is 0 Å². The molecule has 1 unspecified atom stereocenters. The Morgan fingerprint density at radius 2 is 2.38 bits per heavy atom. The molecule has 7 nitrogen and oxygen atoms in total. The average Bonchev–Trinajstić information content (AvgIpc) is 2.49. The molecular formula is C13H17N3O4S. The fourth-order valence-corrected chi connectivity index (χ4v) is 2.97. The van der Waals surface area contributed by atoms with Crippen molar-refractivity contribution in [1.82, 2.24) is 9.88 Å². The predicted molar refractivity (Wildman–Crippen MR) is 79.9 cm³/mol. The van der Waals surface area contributed by atoms with Crippen LogP contribution < -0.4 is 10.1 Å². The van der Waals surface area contributed by atoms with E-state index in [1.807, 2.05) is 6.92 Å². The zero-order chi connectivity index (χ0) is 15.2. The Balaban J connectivity index is 2.00. The number of nitrogens with zero attached hydrogens (tertiary/aromatic N) is 2. The van der Waals surface area contributed by atoms with Crippen LogP contribution in [0.4, 0.5) is 10.5 Å². The summed E-state index contributed by atoms with van der Waals surface area (Å²) < 4.78 is 5.22. The molecule has 0 radical (unpaired) electrons. The highest BCUT2D eigenvalue weighted by molar-refractivity contribution is 7.99. The molecule has 2 N–H and O–H groups in total. The Bertz CT molecular complexity index is 509. The number of carboxylic acid groups (broad SMARTS) is 1. The lowest BCUT2D eigenvalue weighted by molar-refractivity contribution is -0.141. The van der Waals surface area contributed by atoms with Gasteiger partial charge in [0.05, 0.1) is 18.5 Å². The summed E-state index contributed by atoms with van der Waals surface area (Å²) in [6.45, 7) is 2.79. The summed E-state index contributed by atoms with van der Waals surface area (Å²) in [6.07, 6.45) is 1.48. The monoisotopic (exact) mass is 311 g/mol. The van der Waals surface area contributed by atoms with Crippen LogP contribution in [0.15, 0.2) is 18.3 Å². The first kappa shape index (κ1) is 15.4. The number of thioether (sulfide) groups is 1. The fourth-order valence-electron chi connectivity index (χ4n) is 1.93. The van der Waals surface area contributed by atoms with Crippen LogP contribution in [0, 0.1) is 0 Å². The van der Waals surface area contributed by atoms with E-state index in [1.54, 1.807) is 12.1 Å². The minimum absolute atomic E-state index is 0.407. The third kappa shape index (κ3) is 4.01. The summed E-state index contributed by atoms with van der Waals surface area (Å²) in [5.41, 5.74) is 0.505. The van der Waals surface area contributed by atoms with E-state index in [4.69, 9.17) is 9.84 Å². The Labute approximate surface area is 126 Å². The molecule has 2 heterocycles. The first-order valence-corrected chi connectivity index (χ1v) is 7.74. The molecule has 0 spiro atoms. The van der Waals surface area contributed by atoms with Crippen LogP contribution in [-0.4, -0.2) is 57.7 Å². The molecule has 1 aromatic heterocycles. The van der Waals surface area contributed by atoms with E-state index in [-0.39, 0.29) is 0 Å². The van der Waals surface area contributed by atoms with E-state index in [0.717, 1.165) is 5.75 Å². The Kier molecular flexibility index (Phi) is 5.26. The van der Waals surface area contributed by atoms with Crippen molar-refractivity contribution < 1.29 is 19.4 Å². The first-order valence-electron chi connectivity index (χ1n) is 6.59. The molecular weight excluding hydrogens is 294 g/mol. The van der Waals surface area contributed by atoms with Gasteiger partial charge < -0.3 is 20.1 Å². The molecule has 1 atom stereocenters. The van der Waals surface area contributed by atoms with Gasteiger partial charge in [0.25, 0.3) is 0 Å². The topological polar surface area (TPSA) is 91.8 Å². The highest BCUT2D eigenvalue weighted by Gasteiger charge is 2.32. The zero-order valence-corrected chi connectivity index (χ0v) is 12.4. The van der Waals surface area contributed by atoms with Gasteiger partial charge in [0, 0.05) is 24.1 Å². The van der Waals surface area contributed by atoms with Gasteiger partial charge >= 0.3 is 12.0 Å². The number of aromatic nitrogens is 1. The van der Waals surface area contributed by atoms with Crippen LogP contribution in [0.3, 0.4) is 0 Å². The summed E-state index contributed by atoms with van der Waals surface area (Å²) in [5.74, 6) is 0.638. The fraction of sp³-hybridized carbons (Fsp3) is 0.462. The second-order valence-corrected chi connectivity index (χ2v) is 5.52. The molecule has 1 saturated heterocycles. The molecule has 2 rings (SSSR count). The number of hydrogen-bond acceptors (Lipinski definition) is 5. The second-order valence-electron chi connectivity index (χ2n) is 4.37. The van der Waals surface area contributed by atoms with E-state index in [0.29, 0.717) is 30.5 Å². The largest absolute Gasteiger partial charge is 0.480 e. The number of carboxylic acids is 1. The van der Waals surface area contributed by atoms with Crippen molar-refractivity contribution in [2.45, 2.75) is 13.0 Å². The van der Waals surface area contributed by atoms with Crippen LogP contribution in [-0.2, 0) is 4.79 Å². The molecule has 1 fully saturated rings. The normalized spacial score (nSPS) is 18.1. The number of hydrogen-bond donors (Lipinski definition) is 2. The lowest BCUT2D eigenvalue weighted by Gasteiger charge is -2.32. The maximum atomic E-state index is 12.2. The van der Waals surface area contributed by atoms with Gasteiger partial charge in [-0.25, -0.2) is 14.6 Å². The van der Waals surface area contributed by atoms with Crippen molar-refractivity contribution >= 4 is 29.4 Å². The highest BCUT2D eigenvalue weighted by atomic mass is 32.2. The second kappa shape index (κ2) is 7.16. The van der Waals surface area contributed by atoms with Gasteiger partial charge in [0.1, 0.15) is 6.04 Å². The summed E-state index contributed by atoms with van der Waals surface area (Å²) in [6, 6.07) is 2.11. The summed E-state index contributed by atoms with van der Waals surface area (Å²) >= 11 is 1.53. The summed E-state index contributed by atoms with van der Waals surface area (Å²) in [5, 5.41) is 11.8. The van der Waals surface area contributed by atoms with Crippen LogP contribution in [0.1, 0.15) is 6.92 Å². The minimum Gasteiger partial charge on any atom is -0.480 e. The molecule has 0 aliphatic carbocycles. The maximum absolute atomic E-state index is 12.2. The Hall–Kier alpha value is -1.96. The molecule has 114 valence electrons. The molecule has 2 amide bonds. The molecule has 1 aromatic rings. The van der Waals surface area contributed by atoms with Crippen LogP contribution in [0.5, 0.6) is 5.88 Å². The quantitative estimate of drug-likeness (QED) is 0.876. The van der Waals surface area contributed by atoms with Gasteiger partial charge in [0.15, 0.2) is 0 Å². The van der Waals surface area contributed by atoms with Crippen molar-refractivity contribution in [3.63, 3.8) is 0 Å². The van der Waals surface area contributed by atoms with Crippen molar-refractivity contribution in [3.8, 4) is 5.88 Å². The van der Waals surface area contributed by atoms with Gasteiger partial charge in [-0.05, 0) is 13.0 Å². The maximum Gasteiger partial charge on any atom is 0.327 e. The van der Waals surface area contributed by atoms with Gasteiger partial charge in [-0.1, -0.05) is 0 Å². The number of aliphatic carboxylic acids is 1. The molecule has 21 heavy (non-hydrogen) atoms. The van der Waals surface area contributed by atoms with E-state index >= 15 is 0 Å². The van der Waals surface area contributed by atoms with Crippen molar-refractivity contribution in [3.05, 3.63) is 18.3 Å². The van der Waals surface area contributed by atoms with E-state index in [1.165, 1.54) is 22.9 Å². The van der Waals surface area contributed by atoms with Gasteiger partial charge in [-0.2, -0.15) is 11.8 Å². The number of ether oxygens (including phenoxy) is 1. The number of anilines is 1. The molecule has 0 bridgehead atoms. The SMILES string of the molecule is CCOc1ccc(NC(=O)N2CCSCC2C(=O)O)cn1. The number of rotatable bonds is 4. The molecule has 0 saturated carbocycles. The number of nitrogens with one attached hydrogen (secondary N) is 1. The lowest BCUT2D eigenvalue weighted by Crippen LogP contribution is -2.51. The number of carbonyl (C=O) groups excluding carboxylic acids is 1. The number of carbonyl (C=O) groups is 2. The van der Waals surface area contributed by atoms with Crippen LogP contribution >= 0.6 is 11.8 Å².